The molecule has 0 bridgehead atoms. The Morgan fingerprint density at radius 2 is 2.00 bits per heavy atom. The van der Waals surface area contributed by atoms with Crippen LogP contribution >= 0.6 is 0 Å². The summed E-state index contributed by atoms with van der Waals surface area (Å²) in [6.45, 7) is 8.94. The number of nitrogens with two attached hydrogens (primary N) is 1. The van der Waals surface area contributed by atoms with Crippen LogP contribution in [0.3, 0.4) is 0 Å². The second-order valence-electron chi connectivity index (χ2n) is 3.06. The van der Waals surface area contributed by atoms with Gasteiger partial charge >= 0.3 is 0 Å². The predicted molar refractivity (Wildman–Crippen MR) is 46.8 cm³/mol. The Labute approximate surface area is 64.3 Å². The van der Waals surface area contributed by atoms with Gasteiger partial charge in [-0.25, -0.2) is 0 Å². The predicted octanol–water partition coefficient (Wildman–Crippen LogP) is 2.18. The molecule has 0 aromatic carbocycles. The largest absolute Gasteiger partial charge is 0.330 e. The SMILES string of the molecule is C=CCCC(C)C(C)CN. The average molecular weight is 141 g/mol. The second kappa shape index (κ2) is 5.48. The van der Waals surface area contributed by atoms with E-state index in [2.05, 4.69) is 20.4 Å². The van der Waals surface area contributed by atoms with Crippen molar-refractivity contribution in [2.75, 3.05) is 6.54 Å². The van der Waals surface area contributed by atoms with E-state index < -0.39 is 0 Å². The first-order valence-electron chi connectivity index (χ1n) is 4.03. The van der Waals surface area contributed by atoms with Crippen molar-refractivity contribution in [3.63, 3.8) is 0 Å². The molecular formula is C9H19N. The van der Waals surface area contributed by atoms with E-state index >= 15 is 0 Å². The van der Waals surface area contributed by atoms with Crippen LogP contribution in [0, 0.1) is 11.8 Å². The highest BCUT2D eigenvalue weighted by atomic mass is 14.5. The lowest BCUT2D eigenvalue weighted by molar-refractivity contribution is 0.375. The van der Waals surface area contributed by atoms with Gasteiger partial charge in [-0.05, 0) is 31.2 Å². The number of hydrogen-bond acceptors (Lipinski definition) is 1. The highest BCUT2D eigenvalue weighted by molar-refractivity contribution is 4.70. The Morgan fingerprint density at radius 1 is 1.40 bits per heavy atom. The van der Waals surface area contributed by atoms with Gasteiger partial charge in [-0.2, -0.15) is 0 Å². The number of hydrogen-bond donors (Lipinski definition) is 1. The van der Waals surface area contributed by atoms with Crippen molar-refractivity contribution in [3.8, 4) is 0 Å². The van der Waals surface area contributed by atoms with Gasteiger partial charge in [0.25, 0.3) is 0 Å². The fraction of sp³-hybridized carbons (Fsp3) is 0.778. The average Bonchev–Trinajstić information content (AvgIpc) is 1.98. The van der Waals surface area contributed by atoms with E-state index in [-0.39, 0.29) is 0 Å². The third-order valence-electron chi connectivity index (χ3n) is 2.17. The normalized spacial score (nSPS) is 16.3. The third kappa shape index (κ3) is 3.67. The highest BCUT2D eigenvalue weighted by Crippen LogP contribution is 2.15. The lowest BCUT2D eigenvalue weighted by Gasteiger charge is -2.16. The summed E-state index contributed by atoms with van der Waals surface area (Å²) in [5, 5.41) is 0. The standard InChI is InChI=1S/C9H19N/c1-4-5-6-8(2)9(3)7-10/h4,8-9H,1,5-7,10H2,2-3H3. The highest BCUT2D eigenvalue weighted by Gasteiger charge is 2.08. The summed E-state index contributed by atoms with van der Waals surface area (Å²) in [7, 11) is 0. The number of rotatable bonds is 5. The Bertz CT molecular complexity index is 88.7. The van der Waals surface area contributed by atoms with Gasteiger partial charge in [-0.15, -0.1) is 6.58 Å². The van der Waals surface area contributed by atoms with Crippen molar-refractivity contribution < 1.29 is 0 Å². The van der Waals surface area contributed by atoms with Gasteiger partial charge in [-0.3, -0.25) is 0 Å². The molecule has 0 saturated carbocycles. The van der Waals surface area contributed by atoms with Crippen molar-refractivity contribution in [2.45, 2.75) is 26.7 Å². The van der Waals surface area contributed by atoms with Gasteiger partial charge in [0.1, 0.15) is 0 Å². The van der Waals surface area contributed by atoms with Crippen LogP contribution in [-0.4, -0.2) is 6.54 Å². The van der Waals surface area contributed by atoms with Gasteiger partial charge in [0, 0.05) is 0 Å². The lowest BCUT2D eigenvalue weighted by Crippen LogP contribution is -2.18. The summed E-state index contributed by atoms with van der Waals surface area (Å²) in [5.74, 6) is 1.39. The molecule has 2 N–H and O–H groups in total. The maximum absolute atomic E-state index is 5.52. The van der Waals surface area contributed by atoms with Crippen molar-refractivity contribution in [2.24, 2.45) is 17.6 Å². The van der Waals surface area contributed by atoms with Crippen molar-refractivity contribution in [3.05, 3.63) is 12.7 Å². The van der Waals surface area contributed by atoms with E-state index in [0.717, 1.165) is 18.9 Å². The molecule has 2 atom stereocenters. The zero-order valence-electron chi connectivity index (χ0n) is 7.14. The van der Waals surface area contributed by atoms with Gasteiger partial charge in [0.05, 0.1) is 0 Å². The zero-order valence-corrected chi connectivity index (χ0v) is 7.14. The Hall–Kier alpha value is -0.300. The molecule has 60 valence electrons. The summed E-state index contributed by atoms with van der Waals surface area (Å²) in [5.41, 5.74) is 5.52. The van der Waals surface area contributed by atoms with Crippen molar-refractivity contribution >= 4 is 0 Å². The smallest absolute Gasteiger partial charge is 0.00490 e. The molecule has 10 heavy (non-hydrogen) atoms. The minimum absolute atomic E-state index is 0.653. The molecule has 0 saturated heterocycles. The second-order valence-corrected chi connectivity index (χ2v) is 3.06. The summed E-state index contributed by atoms with van der Waals surface area (Å²) in [6.07, 6.45) is 4.31. The van der Waals surface area contributed by atoms with E-state index in [9.17, 15) is 0 Å². The van der Waals surface area contributed by atoms with Crippen LogP contribution in [-0.2, 0) is 0 Å². The minimum atomic E-state index is 0.653. The molecule has 2 unspecified atom stereocenters. The van der Waals surface area contributed by atoms with Crippen LogP contribution in [0.15, 0.2) is 12.7 Å². The molecule has 0 amide bonds. The van der Waals surface area contributed by atoms with E-state index in [1.165, 1.54) is 6.42 Å². The van der Waals surface area contributed by atoms with E-state index in [4.69, 9.17) is 5.73 Å². The molecule has 0 aliphatic heterocycles. The summed E-state index contributed by atoms with van der Waals surface area (Å²) < 4.78 is 0. The fourth-order valence-corrected chi connectivity index (χ4v) is 0.898. The van der Waals surface area contributed by atoms with Crippen LogP contribution in [0.4, 0.5) is 0 Å². The van der Waals surface area contributed by atoms with Crippen LogP contribution in [0.2, 0.25) is 0 Å². The summed E-state index contributed by atoms with van der Waals surface area (Å²) in [4.78, 5) is 0. The van der Waals surface area contributed by atoms with Crippen LogP contribution in [0.1, 0.15) is 26.7 Å². The van der Waals surface area contributed by atoms with E-state index in [0.29, 0.717) is 5.92 Å². The maximum atomic E-state index is 5.52. The molecule has 0 fully saturated rings. The van der Waals surface area contributed by atoms with Crippen LogP contribution in [0.5, 0.6) is 0 Å². The molecule has 0 aliphatic rings. The Balaban J connectivity index is 3.40. The van der Waals surface area contributed by atoms with Crippen molar-refractivity contribution in [1.82, 2.24) is 0 Å². The molecule has 0 aromatic rings. The Kier molecular flexibility index (Phi) is 5.32. The first-order chi connectivity index (χ1) is 4.72. The van der Waals surface area contributed by atoms with Gasteiger partial charge < -0.3 is 5.73 Å². The molecule has 0 aliphatic carbocycles. The monoisotopic (exact) mass is 141 g/mol. The van der Waals surface area contributed by atoms with Crippen LogP contribution in [0.25, 0.3) is 0 Å². The van der Waals surface area contributed by atoms with Gasteiger partial charge in [0.2, 0.25) is 0 Å². The molecule has 0 spiro atoms. The van der Waals surface area contributed by atoms with Crippen LogP contribution < -0.4 is 5.73 Å². The molecule has 0 radical (unpaired) electrons. The maximum Gasteiger partial charge on any atom is -0.00490 e. The number of allylic oxidation sites excluding steroid dienone is 1. The quantitative estimate of drug-likeness (QED) is 0.583. The molecule has 1 heteroatoms. The fourth-order valence-electron chi connectivity index (χ4n) is 0.898. The lowest BCUT2D eigenvalue weighted by atomic mass is 9.92. The zero-order chi connectivity index (χ0) is 7.98. The van der Waals surface area contributed by atoms with Gasteiger partial charge in [-0.1, -0.05) is 19.9 Å². The topological polar surface area (TPSA) is 26.0 Å². The first kappa shape index (κ1) is 9.70. The minimum Gasteiger partial charge on any atom is -0.330 e. The summed E-state index contributed by atoms with van der Waals surface area (Å²) in [6, 6.07) is 0. The van der Waals surface area contributed by atoms with Crippen molar-refractivity contribution in [1.29, 1.82) is 0 Å². The molecule has 1 nitrogen and oxygen atoms in total. The third-order valence-corrected chi connectivity index (χ3v) is 2.17. The molecular weight excluding hydrogens is 122 g/mol. The first-order valence-corrected chi connectivity index (χ1v) is 4.03. The van der Waals surface area contributed by atoms with E-state index in [1.807, 2.05) is 6.08 Å². The van der Waals surface area contributed by atoms with Gasteiger partial charge in [0.15, 0.2) is 0 Å². The summed E-state index contributed by atoms with van der Waals surface area (Å²) >= 11 is 0. The van der Waals surface area contributed by atoms with E-state index in [1.54, 1.807) is 0 Å². The molecule has 0 rings (SSSR count). The molecule has 0 aromatic heterocycles. The Morgan fingerprint density at radius 3 is 2.40 bits per heavy atom. The molecule has 0 heterocycles.